The predicted molar refractivity (Wildman–Crippen MR) is 77.9 cm³/mol. The number of aromatic nitrogens is 1. The van der Waals surface area contributed by atoms with Crippen molar-refractivity contribution in [2.45, 2.75) is 46.2 Å². The van der Waals surface area contributed by atoms with Crippen molar-refractivity contribution >= 4 is 23.1 Å². The fourth-order valence-corrected chi connectivity index (χ4v) is 4.59. The van der Waals surface area contributed by atoms with E-state index in [4.69, 9.17) is 0 Å². The largest absolute Gasteiger partial charge is 0.304 e. The van der Waals surface area contributed by atoms with Gasteiger partial charge in [-0.2, -0.15) is 11.8 Å². The maximum absolute atomic E-state index is 4.57. The quantitative estimate of drug-likeness (QED) is 0.908. The number of nitrogens with zero attached hydrogens (tertiary/aromatic N) is 1. The molecule has 1 fully saturated rings. The average molecular weight is 270 g/mol. The van der Waals surface area contributed by atoms with Gasteiger partial charge in [-0.15, -0.1) is 11.3 Å². The second kappa shape index (κ2) is 5.29. The highest BCUT2D eigenvalue weighted by molar-refractivity contribution is 7.99. The van der Waals surface area contributed by atoms with Crippen LogP contribution in [0.5, 0.6) is 0 Å². The minimum Gasteiger partial charge on any atom is -0.304 e. The van der Waals surface area contributed by atoms with E-state index in [1.807, 2.05) is 0 Å². The zero-order valence-corrected chi connectivity index (χ0v) is 12.8. The Morgan fingerprint density at radius 3 is 2.88 bits per heavy atom. The van der Waals surface area contributed by atoms with Crippen LogP contribution in [-0.2, 0) is 0 Å². The summed E-state index contributed by atoms with van der Waals surface area (Å²) in [5, 5.41) is 7.12. The van der Waals surface area contributed by atoms with Gasteiger partial charge in [0, 0.05) is 22.9 Å². The summed E-state index contributed by atoms with van der Waals surface area (Å²) in [6.45, 7) is 9.05. The summed E-state index contributed by atoms with van der Waals surface area (Å²) >= 11 is 3.83. The van der Waals surface area contributed by atoms with Gasteiger partial charge in [0.05, 0.1) is 6.04 Å². The van der Waals surface area contributed by atoms with Crippen molar-refractivity contribution in [1.82, 2.24) is 10.3 Å². The van der Waals surface area contributed by atoms with Gasteiger partial charge >= 0.3 is 0 Å². The number of thiazole rings is 1. The molecule has 0 spiro atoms. The number of aryl methyl sites for hydroxylation is 1. The molecule has 1 aliphatic rings. The van der Waals surface area contributed by atoms with E-state index in [0.29, 0.717) is 17.5 Å². The topological polar surface area (TPSA) is 24.9 Å². The molecule has 1 aromatic heterocycles. The maximum atomic E-state index is 4.57. The Morgan fingerprint density at radius 1 is 1.53 bits per heavy atom. The van der Waals surface area contributed by atoms with Crippen molar-refractivity contribution in [1.29, 1.82) is 0 Å². The van der Waals surface area contributed by atoms with Gasteiger partial charge < -0.3 is 5.32 Å². The van der Waals surface area contributed by atoms with Crippen LogP contribution in [0.15, 0.2) is 5.38 Å². The third-order valence-corrected chi connectivity index (χ3v) is 5.78. The molecule has 2 nitrogen and oxygen atoms in total. The lowest BCUT2D eigenvalue weighted by Crippen LogP contribution is -2.47. The number of nitrogens with one attached hydrogen (secondary N) is 1. The first-order chi connectivity index (χ1) is 7.99. The van der Waals surface area contributed by atoms with E-state index in [1.54, 1.807) is 11.3 Å². The molecule has 96 valence electrons. The highest BCUT2D eigenvalue weighted by Gasteiger charge is 2.33. The van der Waals surface area contributed by atoms with Crippen LogP contribution < -0.4 is 5.32 Å². The Balaban J connectivity index is 2.00. The second-order valence-corrected chi connectivity index (χ2v) is 7.62. The number of thioether (sulfide) groups is 1. The summed E-state index contributed by atoms with van der Waals surface area (Å²) in [6.07, 6.45) is 1.30. The van der Waals surface area contributed by atoms with E-state index in [9.17, 15) is 0 Å². The van der Waals surface area contributed by atoms with Gasteiger partial charge in [-0.3, -0.25) is 0 Å². The molecular weight excluding hydrogens is 248 g/mol. The molecule has 1 saturated heterocycles. The lowest BCUT2D eigenvalue weighted by molar-refractivity contribution is 0.232. The van der Waals surface area contributed by atoms with Crippen LogP contribution in [0.3, 0.4) is 0 Å². The molecule has 1 N–H and O–H groups in total. The molecular formula is C13H22N2S2. The van der Waals surface area contributed by atoms with Crippen LogP contribution >= 0.6 is 23.1 Å². The molecule has 0 radical (unpaired) electrons. The van der Waals surface area contributed by atoms with Crippen molar-refractivity contribution in [3.8, 4) is 0 Å². The van der Waals surface area contributed by atoms with Gasteiger partial charge in [0.1, 0.15) is 5.01 Å². The van der Waals surface area contributed by atoms with Gasteiger partial charge in [-0.1, -0.05) is 13.8 Å². The second-order valence-electron chi connectivity index (χ2n) is 5.58. The first kappa shape index (κ1) is 13.4. The van der Waals surface area contributed by atoms with Crippen molar-refractivity contribution in [3.05, 3.63) is 16.1 Å². The molecule has 0 bridgehead atoms. The van der Waals surface area contributed by atoms with Crippen LogP contribution in [0, 0.1) is 12.3 Å². The molecule has 0 aromatic carbocycles. The van der Waals surface area contributed by atoms with E-state index in [-0.39, 0.29) is 0 Å². The van der Waals surface area contributed by atoms with Gasteiger partial charge in [0.25, 0.3) is 0 Å². The molecule has 0 saturated carbocycles. The number of hydrogen-bond acceptors (Lipinski definition) is 4. The Hall–Kier alpha value is -0.0600. The van der Waals surface area contributed by atoms with E-state index in [0.717, 1.165) is 5.69 Å². The average Bonchev–Trinajstić information content (AvgIpc) is 2.68. The summed E-state index contributed by atoms with van der Waals surface area (Å²) < 4.78 is 0. The zero-order valence-electron chi connectivity index (χ0n) is 11.1. The molecule has 2 atom stereocenters. The lowest BCUT2D eigenvalue weighted by Gasteiger charge is -2.40. The van der Waals surface area contributed by atoms with Gasteiger partial charge in [0.2, 0.25) is 0 Å². The maximum Gasteiger partial charge on any atom is 0.110 e. The Bertz CT molecular complexity index is 373. The highest BCUT2D eigenvalue weighted by atomic mass is 32.2. The molecule has 2 rings (SSSR count). The summed E-state index contributed by atoms with van der Waals surface area (Å²) in [7, 11) is 0. The molecule has 0 amide bonds. The monoisotopic (exact) mass is 270 g/mol. The molecule has 1 aliphatic heterocycles. The van der Waals surface area contributed by atoms with E-state index in [1.165, 1.54) is 22.9 Å². The fraction of sp³-hybridized carbons (Fsp3) is 0.769. The Kier molecular flexibility index (Phi) is 4.16. The van der Waals surface area contributed by atoms with E-state index < -0.39 is 0 Å². The first-order valence-electron chi connectivity index (χ1n) is 6.25. The van der Waals surface area contributed by atoms with Crippen molar-refractivity contribution in [2.24, 2.45) is 5.41 Å². The third-order valence-electron chi connectivity index (χ3n) is 3.58. The zero-order chi connectivity index (χ0) is 12.5. The standard InChI is InChI=1S/C13H22N2S2/c1-9-7-17-12(14-9)10(2)15-11-8-16-6-5-13(11,3)4/h7,10-11,15H,5-6,8H2,1-4H3. The third kappa shape index (κ3) is 3.24. The first-order valence-corrected chi connectivity index (χ1v) is 8.28. The number of rotatable bonds is 3. The van der Waals surface area contributed by atoms with Gasteiger partial charge in [-0.05, 0) is 31.4 Å². The van der Waals surface area contributed by atoms with Gasteiger partial charge in [-0.25, -0.2) is 4.98 Å². The van der Waals surface area contributed by atoms with Gasteiger partial charge in [0.15, 0.2) is 0 Å². The molecule has 0 aliphatic carbocycles. The summed E-state index contributed by atoms with van der Waals surface area (Å²) in [5.74, 6) is 2.53. The minimum absolute atomic E-state index is 0.372. The van der Waals surface area contributed by atoms with Crippen molar-refractivity contribution < 1.29 is 0 Å². The van der Waals surface area contributed by atoms with Crippen LogP contribution in [0.1, 0.15) is 43.9 Å². The lowest BCUT2D eigenvalue weighted by atomic mass is 9.82. The molecule has 1 aromatic rings. The van der Waals surface area contributed by atoms with E-state index >= 15 is 0 Å². The molecule has 2 unspecified atom stereocenters. The normalized spacial score (nSPS) is 25.8. The highest BCUT2D eigenvalue weighted by Crippen LogP contribution is 2.35. The Morgan fingerprint density at radius 2 is 2.29 bits per heavy atom. The molecule has 2 heterocycles. The minimum atomic E-state index is 0.372. The smallest absolute Gasteiger partial charge is 0.110 e. The number of hydrogen-bond donors (Lipinski definition) is 1. The van der Waals surface area contributed by atoms with Crippen molar-refractivity contribution in [2.75, 3.05) is 11.5 Å². The predicted octanol–water partition coefficient (Wildman–Crippen LogP) is 3.63. The van der Waals surface area contributed by atoms with Crippen LogP contribution in [-0.4, -0.2) is 22.5 Å². The summed E-state index contributed by atoms with van der Waals surface area (Å²) in [4.78, 5) is 4.57. The van der Waals surface area contributed by atoms with Crippen LogP contribution in [0.25, 0.3) is 0 Å². The molecule has 4 heteroatoms. The fourth-order valence-electron chi connectivity index (χ4n) is 2.15. The Labute approximate surface area is 113 Å². The SMILES string of the molecule is Cc1csc(C(C)NC2CSCCC2(C)C)n1. The van der Waals surface area contributed by atoms with Crippen molar-refractivity contribution in [3.63, 3.8) is 0 Å². The summed E-state index contributed by atoms with van der Waals surface area (Å²) in [6, 6.07) is 0.970. The van der Waals surface area contributed by atoms with Crippen LogP contribution in [0.2, 0.25) is 0 Å². The summed E-state index contributed by atoms with van der Waals surface area (Å²) in [5.41, 5.74) is 1.54. The van der Waals surface area contributed by atoms with E-state index in [2.05, 4.69) is 55.1 Å². The van der Waals surface area contributed by atoms with Crippen LogP contribution in [0.4, 0.5) is 0 Å². The molecule has 17 heavy (non-hydrogen) atoms.